The molecule has 0 bridgehead atoms. The Kier molecular flexibility index (Phi) is 6.27. The van der Waals surface area contributed by atoms with E-state index in [0.29, 0.717) is 23.5 Å². The van der Waals surface area contributed by atoms with Crippen molar-refractivity contribution in [3.63, 3.8) is 0 Å². The number of aryl methyl sites for hydroxylation is 1. The highest BCUT2D eigenvalue weighted by Crippen LogP contribution is 2.24. The average Bonchev–Trinajstić information content (AvgIpc) is 3.25. The Morgan fingerprint density at radius 1 is 1.18 bits per heavy atom. The molecule has 0 saturated carbocycles. The van der Waals surface area contributed by atoms with Crippen molar-refractivity contribution in [2.75, 3.05) is 16.8 Å². The van der Waals surface area contributed by atoms with E-state index in [1.54, 1.807) is 18.2 Å². The summed E-state index contributed by atoms with van der Waals surface area (Å²) in [5, 5.41) is 23.7. The van der Waals surface area contributed by atoms with Crippen LogP contribution in [-0.4, -0.2) is 44.5 Å². The number of hydrogen-bond donors (Lipinski definition) is 1. The van der Waals surface area contributed by atoms with Gasteiger partial charge in [-0.3, -0.25) is 19.2 Å². The molecule has 4 rings (SSSR count). The minimum Gasteiger partial charge on any atom is -0.322 e. The molecule has 9 nitrogen and oxygen atoms in total. The van der Waals surface area contributed by atoms with Crippen LogP contribution in [-0.2, 0) is 13.0 Å². The van der Waals surface area contributed by atoms with Crippen molar-refractivity contribution in [2.24, 2.45) is 0 Å². The van der Waals surface area contributed by atoms with Crippen molar-refractivity contribution >= 4 is 23.3 Å². The number of anilines is 2. The van der Waals surface area contributed by atoms with Crippen molar-refractivity contribution in [2.45, 2.75) is 32.0 Å². The van der Waals surface area contributed by atoms with E-state index >= 15 is 0 Å². The topological polar surface area (TPSA) is 117 Å². The van der Waals surface area contributed by atoms with Crippen LogP contribution < -0.4 is 10.2 Å². The molecule has 2 aromatic heterocycles. The van der Waals surface area contributed by atoms with Crippen LogP contribution >= 0.6 is 0 Å². The molecule has 2 amide bonds. The van der Waals surface area contributed by atoms with E-state index in [1.807, 2.05) is 6.07 Å². The summed E-state index contributed by atoms with van der Waals surface area (Å²) >= 11 is 0. The Balaban J connectivity index is 1.48. The first-order valence-corrected chi connectivity index (χ1v) is 10.3. The number of nitrogens with one attached hydrogen (secondary N) is 1. The van der Waals surface area contributed by atoms with Crippen molar-refractivity contribution in [1.29, 1.82) is 5.26 Å². The Bertz CT molecular complexity index is 1260. The maximum absolute atomic E-state index is 13.2. The van der Waals surface area contributed by atoms with Crippen molar-refractivity contribution in [3.8, 4) is 6.07 Å². The minimum atomic E-state index is -4.22. The number of nitrogens with zero attached hydrogens (tertiary/aromatic N) is 6. The van der Waals surface area contributed by atoms with Gasteiger partial charge in [0.1, 0.15) is 5.69 Å². The van der Waals surface area contributed by atoms with Crippen LogP contribution in [0.5, 0.6) is 0 Å². The fourth-order valence-corrected chi connectivity index (χ4v) is 3.55. The van der Waals surface area contributed by atoms with Crippen molar-refractivity contribution in [1.82, 2.24) is 20.0 Å². The summed E-state index contributed by atoms with van der Waals surface area (Å²) in [5.41, 5.74) is 1.31. The van der Waals surface area contributed by atoms with Gasteiger partial charge in [0.25, 0.3) is 11.8 Å². The molecule has 174 valence electrons. The number of aromatic nitrogens is 4. The number of fused-ring (bicyclic) bond motifs is 1. The molecular weight excluding hydrogens is 451 g/mol. The van der Waals surface area contributed by atoms with Crippen LogP contribution in [0.15, 0.2) is 42.6 Å². The summed E-state index contributed by atoms with van der Waals surface area (Å²) in [6.07, 6.45) is -3.81. The molecule has 0 radical (unpaired) electrons. The van der Waals surface area contributed by atoms with E-state index in [0.717, 1.165) is 0 Å². The van der Waals surface area contributed by atoms with E-state index in [4.69, 9.17) is 5.26 Å². The zero-order chi connectivity index (χ0) is 24.3. The Morgan fingerprint density at radius 3 is 2.71 bits per heavy atom. The Hall–Kier alpha value is -4.27. The first kappa shape index (κ1) is 22.9. The van der Waals surface area contributed by atoms with E-state index < -0.39 is 24.4 Å². The maximum atomic E-state index is 13.2. The molecule has 34 heavy (non-hydrogen) atoms. The zero-order valence-corrected chi connectivity index (χ0v) is 17.7. The van der Waals surface area contributed by atoms with Gasteiger partial charge in [0.05, 0.1) is 35.6 Å². The second kappa shape index (κ2) is 9.30. The predicted molar refractivity (Wildman–Crippen MR) is 114 cm³/mol. The Morgan fingerprint density at radius 2 is 2.00 bits per heavy atom. The van der Waals surface area contributed by atoms with Crippen molar-refractivity contribution in [3.05, 3.63) is 65.1 Å². The van der Waals surface area contributed by atoms with Gasteiger partial charge in [-0.1, -0.05) is 6.07 Å². The summed E-state index contributed by atoms with van der Waals surface area (Å²) in [6, 6.07) is 11.4. The molecule has 0 unspecified atom stereocenters. The Labute approximate surface area is 191 Å². The van der Waals surface area contributed by atoms with Crippen LogP contribution in [0.25, 0.3) is 0 Å². The second-order valence-electron chi connectivity index (χ2n) is 7.59. The average molecular weight is 469 g/mol. The van der Waals surface area contributed by atoms with Crippen LogP contribution in [0, 0.1) is 11.3 Å². The molecule has 0 spiro atoms. The number of carbonyl (C=O) groups is 2. The fraction of sp³-hybridized carbons (Fsp3) is 0.273. The van der Waals surface area contributed by atoms with Crippen LogP contribution in [0.1, 0.15) is 44.9 Å². The van der Waals surface area contributed by atoms with E-state index in [2.05, 4.69) is 20.6 Å². The highest BCUT2D eigenvalue weighted by molar-refractivity contribution is 6.15. The van der Waals surface area contributed by atoms with Crippen LogP contribution in [0.4, 0.5) is 24.7 Å². The standard InChI is InChI=1S/C22H18F3N7O2/c23-22(24,25)8-2-5-15-6-7-18(30-29-15)31-9-10-32-19(21(31)34)17(13-27-32)20(33)28-16-4-1-3-14(11-16)12-26/h1,3-4,6-7,11,13H,2,5,8-10H2,(H,28,33). The van der Waals surface area contributed by atoms with Crippen LogP contribution in [0.2, 0.25) is 0 Å². The predicted octanol–water partition coefficient (Wildman–Crippen LogP) is 3.34. The van der Waals surface area contributed by atoms with E-state index in [9.17, 15) is 22.8 Å². The molecule has 0 atom stereocenters. The summed E-state index contributed by atoms with van der Waals surface area (Å²) < 4.78 is 38.4. The molecule has 0 aliphatic carbocycles. The highest BCUT2D eigenvalue weighted by Gasteiger charge is 2.33. The normalized spacial score (nSPS) is 13.4. The molecule has 1 aliphatic heterocycles. The number of benzene rings is 1. The molecule has 3 aromatic rings. The first-order valence-electron chi connectivity index (χ1n) is 10.3. The minimum absolute atomic E-state index is 0.0637. The van der Waals surface area contributed by atoms with Gasteiger partial charge < -0.3 is 5.32 Å². The molecule has 0 fully saturated rings. The number of halogens is 3. The van der Waals surface area contributed by atoms with Gasteiger partial charge in [-0.15, -0.1) is 5.10 Å². The monoisotopic (exact) mass is 469 g/mol. The summed E-state index contributed by atoms with van der Waals surface area (Å²) in [4.78, 5) is 27.3. The molecule has 0 saturated heterocycles. The number of amides is 2. The van der Waals surface area contributed by atoms with Gasteiger partial charge in [-0.25, -0.2) is 0 Å². The summed E-state index contributed by atoms with van der Waals surface area (Å²) in [5.74, 6) is -0.832. The first-order chi connectivity index (χ1) is 16.2. The molecule has 1 aromatic carbocycles. The SMILES string of the molecule is N#Cc1cccc(NC(=O)c2cnn3c2C(=O)N(c2ccc(CCCC(F)(F)F)nn2)CC3)c1. The lowest BCUT2D eigenvalue weighted by Crippen LogP contribution is -2.42. The van der Waals surface area contributed by atoms with Gasteiger partial charge in [-0.2, -0.15) is 28.6 Å². The fourth-order valence-electron chi connectivity index (χ4n) is 3.55. The van der Waals surface area contributed by atoms with Crippen LogP contribution in [0.3, 0.4) is 0 Å². The smallest absolute Gasteiger partial charge is 0.322 e. The second-order valence-corrected chi connectivity index (χ2v) is 7.59. The largest absolute Gasteiger partial charge is 0.389 e. The number of nitriles is 1. The third kappa shape index (κ3) is 5.03. The van der Waals surface area contributed by atoms with Gasteiger partial charge in [-0.05, 0) is 43.2 Å². The number of rotatable bonds is 6. The van der Waals surface area contributed by atoms with E-state index in [1.165, 1.54) is 34.0 Å². The zero-order valence-electron chi connectivity index (χ0n) is 17.7. The van der Waals surface area contributed by atoms with Gasteiger partial charge in [0.15, 0.2) is 5.82 Å². The third-order valence-corrected chi connectivity index (χ3v) is 5.19. The lowest BCUT2D eigenvalue weighted by molar-refractivity contribution is -0.135. The quantitative estimate of drug-likeness (QED) is 0.592. The summed E-state index contributed by atoms with van der Waals surface area (Å²) in [6.45, 7) is 0.550. The van der Waals surface area contributed by atoms with E-state index in [-0.39, 0.29) is 36.5 Å². The van der Waals surface area contributed by atoms with Crippen molar-refractivity contribution < 1.29 is 22.8 Å². The van der Waals surface area contributed by atoms with Gasteiger partial charge >= 0.3 is 6.18 Å². The third-order valence-electron chi connectivity index (χ3n) is 5.19. The molecule has 1 N–H and O–H groups in total. The molecule has 3 heterocycles. The number of carbonyl (C=O) groups excluding carboxylic acids is 2. The highest BCUT2D eigenvalue weighted by atomic mass is 19.4. The summed E-state index contributed by atoms with van der Waals surface area (Å²) in [7, 11) is 0. The number of alkyl halides is 3. The van der Waals surface area contributed by atoms with Gasteiger partial charge in [0, 0.05) is 18.7 Å². The molecule has 1 aliphatic rings. The number of hydrogen-bond acceptors (Lipinski definition) is 6. The molecule has 12 heteroatoms. The maximum Gasteiger partial charge on any atom is 0.389 e. The lowest BCUT2D eigenvalue weighted by Gasteiger charge is -2.26. The lowest BCUT2D eigenvalue weighted by atomic mass is 10.1. The molecular formula is C22H18F3N7O2. The van der Waals surface area contributed by atoms with Gasteiger partial charge in [0.2, 0.25) is 0 Å².